The molecule has 5 heteroatoms. The van der Waals surface area contributed by atoms with E-state index in [4.69, 9.17) is 4.74 Å². The fraction of sp³-hybridized carbons (Fsp3) is 0.259. The van der Waals surface area contributed by atoms with E-state index in [1.807, 2.05) is 75.4 Å². The summed E-state index contributed by atoms with van der Waals surface area (Å²) in [5.74, 6) is 0.977. The predicted octanol–water partition coefficient (Wildman–Crippen LogP) is 5.70. The summed E-state index contributed by atoms with van der Waals surface area (Å²) in [4.78, 5) is 27.2. The van der Waals surface area contributed by atoms with Gasteiger partial charge in [-0.25, -0.2) is 0 Å². The number of ether oxygens (including phenoxy) is 1. The van der Waals surface area contributed by atoms with Gasteiger partial charge in [0, 0.05) is 24.3 Å². The fourth-order valence-electron chi connectivity index (χ4n) is 3.96. The molecule has 0 unspecified atom stereocenters. The molecule has 0 spiro atoms. The van der Waals surface area contributed by atoms with Gasteiger partial charge < -0.3 is 15.0 Å². The van der Waals surface area contributed by atoms with Gasteiger partial charge in [0.2, 0.25) is 11.8 Å². The van der Waals surface area contributed by atoms with Crippen LogP contribution in [-0.2, 0) is 9.59 Å². The van der Waals surface area contributed by atoms with Crippen molar-refractivity contribution in [2.45, 2.75) is 34.1 Å². The average molecular weight is 429 g/mol. The van der Waals surface area contributed by atoms with Crippen molar-refractivity contribution in [3.8, 4) is 11.5 Å². The summed E-state index contributed by atoms with van der Waals surface area (Å²) in [6, 6.07) is 19.2. The lowest BCUT2D eigenvalue weighted by atomic mass is 10.1. The highest BCUT2D eigenvalue weighted by molar-refractivity contribution is 6.03. The summed E-state index contributed by atoms with van der Waals surface area (Å²) in [5.41, 5.74) is 6.04. The second-order valence-electron chi connectivity index (χ2n) is 8.44. The van der Waals surface area contributed by atoms with Gasteiger partial charge in [-0.15, -0.1) is 0 Å². The first-order valence-corrected chi connectivity index (χ1v) is 10.8. The minimum Gasteiger partial charge on any atom is -0.457 e. The highest BCUT2D eigenvalue weighted by Crippen LogP contribution is 2.31. The molecule has 0 radical (unpaired) electrons. The van der Waals surface area contributed by atoms with E-state index in [1.165, 1.54) is 5.56 Å². The molecule has 1 N–H and O–H groups in total. The van der Waals surface area contributed by atoms with E-state index in [0.29, 0.717) is 18.0 Å². The van der Waals surface area contributed by atoms with E-state index in [0.717, 1.165) is 28.1 Å². The standard InChI is InChI=1S/C27H28N2O3/c1-17-7-5-9-24(19(17)3)29-16-21(15-26(29)30)27(31)28-22-11-13-23(14-12-22)32-25-10-6-8-18(2)20(25)4/h5-14,21H,15-16H2,1-4H3,(H,28,31)/t21-/m0/s1. The molecule has 3 aromatic carbocycles. The van der Waals surface area contributed by atoms with E-state index < -0.39 is 0 Å². The topological polar surface area (TPSA) is 58.6 Å². The van der Waals surface area contributed by atoms with Crippen molar-refractivity contribution in [1.29, 1.82) is 0 Å². The van der Waals surface area contributed by atoms with Crippen LogP contribution < -0.4 is 15.0 Å². The molecule has 4 rings (SSSR count). The summed E-state index contributed by atoms with van der Waals surface area (Å²) in [5, 5.41) is 2.94. The normalized spacial score (nSPS) is 15.7. The van der Waals surface area contributed by atoms with Crippen LogP contribution in [0.2, 0.25) is 0 Å². The third-order valence-electron chi connectivity index (χ3n) is 6.27. The molecule has 0 bridgehead atoms. The third-order valence-corrected chi connectivity index (χ3v) is 6.27. The summed E-state index contributed by atoms with van der Waals surface area (Å²) in [7, 11) is 0. The van der Waals surface area contributed by atoms with Crippen LogP contribution in [0.1, 0.15) is 28.7 Å². The van der Waals surface area contributed by atoms with Crippen LogP contribution >= 0.6 is 0 Å². The molecule has 0 saturated carbocycles. The molecule has 32 heavy (non-hydrogen) atoms. The van der Waals surface area contributed by atoms with E-state index >= 15 is 0 Å². The van der Waals surface area contributed by atoms with Gasteiger partial charge in [0.1, 0.15) is 11.5 Å². The Labute approximate surface area is 189 Å². The fourth-order valence-corrected chi connectivity index (χ4v) is 3.96. The van der Waals surface area contributed by atoms with Crippen molar-refractivity contribution < 1.29 is 14.3 Å². The Morgan fingerprint density at radius 1 is 0.906 bits per heavy atom. The Bertz CT molecular complexity index is 1170. The van der Waals surface area contributed by atoms with Crippen LogP contribution in [0.25, 0.3) is 0 Å². The second kappa shape index (κ2) is 8.87. The predicted molar refractivity (Wildman–Crippen MR) is 127 cm³/mol. The number of carbonyl (C=O) groups is 2. The smallest absolute Gasteiger partial charge is 0.229 e. The molecule has 164 valence electrons. The number of nitrogens with one attached hydrogen (secondary N) is 1. The van der Waals surface area contributed by atoms with Crippen molar-refractivity contribution in [1.82, 2.24) is 0 Å². The number of rotatable bonds is 5. The SMILES string of the molecule is Cc1cccc(Oc2ccc(NC(=O)[C@H]3CC(=O)N(c4cccc(C)c4C)C3)cc2)c1C. The number of nitrogens with zero attached hydrogens (tertiary/aromatic N) is 1. The Kier molecular flexibility index (Phi) is 5.99. The minimum atomic E-state index is -0.381. The van der Waals surface area contributed by atoms with Crippen molar-refractivity contribution in [3.63, 3.8) is 0 Å². The number of anilines is 2. The molecule has 1 saturated heterocycles. The van der Waals surface area contributed by atoms with Crippen LogP contribution in [0.15, 0.2) is 60.7 Å². The van der Waals surface area contributed by atoms with Gasteiger partial charge in [0.25, 0.3) is 0 Å². The van der Waals surface area contributed by atoms with Gasteiger partial charge in [-0.3, -0.25) is 9.59 Å². The number of hydrogen-bond donors (Lipinski definition) is 1. The maximum absolute atomic E-state index is 12.8. The van der Waals surface area contributed by atoms with Crippen LogP contribution in [0, 0.1) is 33.6 Å². The molecule has 0 aliphatic carbocycles. The Morgan fingerprint density at radius 2 is 1.56 bits per heavy atom. The molecular formula is C27H28N2O3. The van der Waals surface area contributed by atoms with Crippen molar-refractivity contribution in [2.24, 2.45) is 5.92 Å². The lowest BCUT2D eigenvalue weighted by molar-refractivity contribution is -0.122. The summed E-state index contributed by atoms with van der Waals surface area (Å²) in [6.07, 6.45) is 0.215. The second-order valence-corrected chi connectivity index (χ2v) is 8.44. The van der Waals surface area contributed by atoms with Gasteiger partial charge in [-0.05, 0) is 86.3 Å². The first kappa shape index (κ1) is 21.6. The van der Waals surface area contributed by atoms with Crippen molar-refractivity contribution in [3.05, 3.63) is 82.9 Å². The van der Waals surface area contributed by atoms with Crippen LogP contribution in [-0.4, -0.2) is 18.4 Å². The molecule has 1 fully saturated rings. The number of amides is 2. The Morgan fingerprint density at radius 3 is 2.28 bits per heavy atom. The van der Waals surface area contributed by atoms with Crippen LogP contribution in [0.4, 0.5) is 11.4 Å². The third kappa shape index (κ3) is 4.37. The summed E-state index contributed by atoms with van der Waals surface area (Å²) < 4.78 is 5.98. The number of hydrogen-bond acceptors (Lipinski definition) is 3. The summed E-state index contributed by atoms with van der Waals surface area (Å²) in [6.45, 7) is 8.51. The van der Waals surface area contributed by atoms with E-state index in [9.17, 15) is 9.59 Å². The van der Waals surface area contributed by atoms with Gasteiger partial charge in [0.05, 0.1) is 5.92 Å². The van der Waals surface area contributed by atoms with Gasteiger partial charge >= 0.3 is 0 Å². The molecule has 0 aromatic heterocycles. The van der Waals surface area contributed by atoms with Crippen molar-refractivity contribution >= 4 is 23.2 Å². The summed E-state index contributed by atoms with van der Waals surface area (Å²) >= 11 is 0. The highest BCUT2D eigenvalue weighted by atomic mass is 16.5. The Hall–Kier alpha value is -3.60. The Balaban J connectivity index is 1.40. The number of benzene rings is 3. The molecule has 1 heterocycles. The quantitative estimate of drug-likeness (QED) is 0.567. The van der Waals surface area contributed by atoms with Crippen molar-refractivity contribution in [2.75, 3.05) is 16.8 Å². The average Bonchev–Trinajstić information content (AvgIpc) is 3.16. The number of aryl methyl sites for hydroxylation is 2. The molecule has 3 aromatic rings. The first-order valence-electron chi connectivity index (χ1n) is 10.8. The van der Waals surface area contributed by atoms with Crippen LogP contribution in [0.5, 0.6) is 11.5 Å². The number of carbonyl (C=O) groups excluding carboxylic acids is 2. The zero-order valence-electron chi connectivity index (χ0n) is 18.9. The van der Waals surface area contributed by atoms with Gasteiger partial charge in [-0.2, -0.15) is 0 Å². The monoisotopic (exact) mass is 428 g/mol. The molecule has 1 aliphatic heterocycles. The van der Waals surface area contributed by atoms with E-state index in [1.54, 1.807) is 4.90 Å². The van der Waals surface area contributed by atoms with E-state index in [-0.39, 0.29) is 24.2 Å². The van der Waals surface area contributed by atoms with Crippen LogP contribution in [0.3, 0.4) is 0 Å². The molecule has 1 aliphatic rings. The maximum atomic E-state index is 12.8. The lowest BCUT2D eigenvalue weighted by Gasteiger charge is -2.20. The zero-order chi connectivity index (χ0) is 22.8. The molecule has 2 amide bonds. The molecular weight excluding hydrogens is 400 g/mol. The zero-order valence-corrected chi connectivity index (χ0v) is 18.9. The highest BCUT2D eigenvalue weighted by Gasteiger charge is 2.35. The molecule has 1 atom stereocenters. The van der Waals surface area contributed by atoms with E-state index in [2.05, 4.69) is 18.3 Å². The van der Waals surface area contributed by atoms with Gasteiger partial charge in [0.15, 0.2) is 0 Å². The largest absolute Gasteiger partial charge is 0.457 e. The molecule has 5 nitrogen and oxygen atoms in total. The van der Waals surface area contributed by atoms with Gasteiger partial charge in [-0.1, -0.05) is 24.3 Å². The lowest BCUT2D eigenvalue weighted by Crippen LogP contribution is -2.28. The first-order chi connectivity index (χ1) is 15.3. The minimum absolute atomic E-state index is 0.0175. The maximum Gasteiger partial charge on any atom is 0.229 e.